The van der Waals surface area contributed by atoms with Gasteiger partial charge in [-0.2, -0.15) is 0 Å². The summed E-state index contributed by atoms with van der Waals surface area (Å²) in [7, 11) is 0. The van der Waals surface area contributed by atoms with E-state index in [2.05, 4.69) is 40.8 Å². The van der Waals surface area contributed by atoms with Gasteiger partial charge in [0.2, 0.25) is 5.91 Å². The quantitative estimate of drug-likeness (QED) is 0.617. The van der Waals surface area contributed by atoms with Crippen LogP contribution in [0.15, 0.2) is 45.2 Å². The number of anilines is 1. The number of thiophene rings is 1. The molecule has 4 rings (SSSR count). The number of hydrogen-bond acceptors (Lipinski definition) is 4. The molecule has 1 amide bonds. The number of rotatable bonds is 2. The standard InChI is InChI=1S/C19H18BrN3O2S/c1-19(2)6-7-23(15-9-12(20)3-4-14(15)19)16(24)10-22-11-21-17-13(18(22)25)5-8-26-17/h3-5,8-9,11H,6-7,10H2,1-2H3. The lowest BCUT2D eigenvalue weighted by Gasteiger charge is -2.39. The Morgan fingerprint density at radius 1 is 1.35 bits per heavy atom. The summed E-state index contributed by atoms with van der Waals surface area (Å²) < 4.78 is 2.33. The summed E-state index contributed by atoms with van der Waals surface area (Å²) >= 11 is 4.93. The van der Waals surface area contributed by atoms with Crippen LogP contribution in [-0.2, 0) is 16.8 Å². The molecular formula is C19H18BrN3O2S. The van der Waals surface area contributed by atoms with Gasteiger partial charge in [0.25, 0.3) is 5.56 Å². The first-order valence-corrected chi connectivity index (χ1v) is 10.1. The van der Waals surface area contributed by atoms with Crippen LogP contribution in [0.4, 0.5) is 5.69 Å². The fraction of sp³-hybridized carbons (Fsp3) is 0.316. The van der Waals surface area contributed by atoms with Crippen molar-refractivity contribution in [1.29, 1.82) is 0 Å². The third-order valence-electron chi connectivity index (χ3n) is 5.00. The average molecular weight is 432 g/mol. The molecule has 5 nitrogen and oxygen atoms in total. The van der Waals surface area contributed by atoms with E-state index >= 15 is 0 Å². The third kappa shape index (κ3) is 2.89. The predicted molar refractivity (Wildman–Crippen MR) is 108 cm³/mol. The van der Waals surface area contributed by atoms with Crippen molar-refractivity contribution in [2.45, 2.75) is 32.2 Å². The monoisotopic (exact) mass is 431 g/mol. The number of fused-ring (bicyclic) bond motifs is 2. The van der Waals surface area contributed by atoms with Gasteiger partial charge in [-0.25, -0.2) is 4.98 Å². The highest BCUT2D eigenvalue weighted by Gasteiger charge is 2.33. The molecule has 0 bridgehead atoms. The van der Waals surface area contributed by atoms with Crippen molar-refractivity contribution in [2.75, 3.05) is 11.4 Å². The van der Waals surface area contributed by atoms with Gasteiger partial charge in [-0.1, -0.05) is 35.8 Å². The summed E-state index contributed by atoms with van der Waals surface area (Å²) in [5.41, 5.74) is 1.91. The summed E-state index contributed by atoms with van der Waals surface area (Å²) in [6.07, 6.45) is 2.35. The number of hydrogen-bond donors (Lipinski definition) is 0. The first kappa shape index (κ1) is 17.4. The van der Waals surface area contributed by atoms with Crippen molar-refractivity contribution in [1.82, 2.24) is 9.55 Å². The summed E-state index contributed by atoms with van der Waals surface area (Å²) in [5, 5.41) is 2.40. The Balaban J connectivity index is 1.69. The SMILES string of the molecule is CC1(C)CCN(C(=O)Cn2cnc3sccc3c2=O)c2cc(Br)ccc21. The number of carbonyl (C=O) groups is 1. The zero-order valence-electron chi connectivity index (χ0n) is 14.5. The molecule has 0 saturated heterocycles. The molecule has 1 aliphatic heterocycles. The van der Waals surface area contributed by atoms with Gasteiger partial charge < -0.3 is 4.90 Å². The largest absolute Gasteiger partial charge is 0.311 e. The molecule has 3 aromatic rings. The van der Waals surface area contributed by atoms with E-state index in [-0.39, 0.29) is 23.4 Å². The maximum atomic E-state index is 13.0. The van der Waals surface area contributed by atoms with Gasteiger partial charge in [-0.15, -0.1) is 11.3 Å². The number of amides is 1. The zero-order chi connectivity index (χ0) is 18.5. The Morgan fingerprint density at radius 3 is 2.96 bits per heavy atom. The first-order chi connectivity index (χ1) is 12.4. The summed E-state index contributed by atoms with van der Waals surface area (Å²) in [6, 6.07) is 7.82. The maximum absolute atomic E-state index is 13.0. The molecule has 2 aromatic heterocycles. The van der Waals surface area contributed by atoms with Crippen LogP contribution >= 0.6 is 27.3 Å². The highest BCUT2D eigenvalue weighted by Crippen LogP contribution is 2.40. The molecule has 3 heterocycles. The van der Waals surface area contributed by atoms with Crippen LogP contribution in [0.3, 0.4) is 0 Å². The number of carbonyl (C=O) groups excluding carboxylic acids is 1. The van der Waals surface area contributed by atoms with E-state index in [1.54, 1.807) is 11.0 Å². The molecule has 134 valence electrons. The van der Waals surface area contributed by atoms with E-state index in [9.17, 15) is 9.59 Å². The molecule has 0 unspecified atom stereocenters. The van der Waals surface area contributed by atoms with E-state index in [0.29, 0.717) is 16.8 Å². The van der Waals surface area contributed by atoms with E-state index in [1.807, 2.05) is 17.5 Å². The molecule has 0 saturated carbocycles. The Bertz CT molecular complexity index is 1070. The fourth-order valence-electron chi connectivity index (χ4n) is 3.44. The van der Waals surface area contributed by atoms with Gasteiger partial charge in [0, 0.05) is 16.7 Å². The normalized spacial score (nSPS) is 15.9. The van der Waals surface area contributed by atoms with Crippen LogP contribution in [0.1, 0.15) is 25.8 Å². The van der Waals surface area contributed by atoms with Crippen LogP contribution in [0.5, 0.6) is 0 Å². The minimum atomic E-state index is -0.170. The average Bonchev–Trinajstić information content (AvgIpc) is 3.06. The van der Waals surface area contributed by atoms with Crippen molar-refractivity contribution in [3.8, 4) is 0 Å². The van der Waals surface area contributed by atoms with Crippen LogP contribution in [-0.4, -0.2) is 22.0 Å². The highest BCUT2D eigenvalue weighted by atomic mass is 79.9. The van der Waals surface area contributed by atoms with E-state index in [1.165, 1.54) is 22.2 Å². The lowest BCUT2D eigenvalue weighted by atomic mass is 9.77. The Morgan fingerprint density at radius 2 is 2.15 bits per heavy atom. The zero-order valence-corrected chi connectivity index (χ0v) is 16.9. The fourth-order valence-corrected chi connectivity index (χ4v) is 4.52. The van der Waals surface area contributed by atoms with Gasteiger partial charge in [0.15, 0.2) is 0 Å². The van der Waals surface area contributed by atoms with Crippen LogP contribution in [0, 0.1) is 0 Å². The van der Waals surface area contributed by atoms with Crippen molar-refractivity contribution in [3.63, 3.8) is 0 Å². The molecule has 1 aromatic carbocycles. The van der Waals surface area contributed by atoms with Gasteiger partial charge in [-0.3, -0.25) is 14.2 Å². The van der Waals surface area contributed by atoms with Gasteiger partial charge in [0.05, 0.1) is 11.7 Å². The second-order valence-corrected chi connectivity index (χ2v) is 8.97. The van der Waals surface area contributed by atoms with Crippen molar-refractivity contribution in [3.05, 3.63) is 56.4 Å². The van der Waals surface area contributed by atoms with E-state index in [0.717, 1.165) is 22.1 Å². The topological polar surface area (TPSA) is 55.2 Å². The second kappa shape index (κ2) is 6.32. The molecule has 26 heavy (non-hydrogen) atoms. The first-order valence-electron chi connectivity index (χ1n) is 8.40. The molecule has 0 fully saturated rings. The Labute approximate surface area is 163 Å². The Kier molecular flexibility index (Phi) is 4.23. The smallest absolute Gasteiger partial charge is 0.262 e. The molecular weight excluding hydrogens is 414 g/mol. The van der Waals surface area contributed by atoms with E-state index in [4.69, 9.17) is 0 Å². The lowest BCUT2D eigenvalue weighted by Crippen LogP contribution is -2.43. The van der Waals surface area contributed by atoms with Gasteiger partial charge >= 0.3 is 0 Å². The lowest BCUT2D eigenvalue weighted by molar-refractivity contribution is -0.119. The number of halogens is 1. The summed E-state index contributed by atoms with van der Waals surface area (Å²) in [4.78, 5) is 32.3. The van der Waals surface area contributed by atoms with Crippen LogP contribution in [0.2, 0.25) is 0 Å². The molecule has 1 aliphatic rings. The molecule has 0 aliphatic carbocycles. The van der Waals surface area contributed by atoms with Crippen LogP contribution in [0.25, 0.3) is 10.2 Å². The predicted octanol–water partition coefficient (Wildman–Crippen LogP) is 3.94. The molecule has 0 spiro atoms. The molecule has 0 atom stereocenters. The minimum Gasteiger partial charge on any atom is -0.311 e. The van der Waals surface area contributed by atoms with Crippen molar-refractivity contribution < 1.29 is 4.79 Å². The number of benzene rings is 1. The Hall–Kier alpha value is -1.99. The van der Waals surface area contributed by atoms with Gasteiger partial charge in [-0.05, 0) is 41.0 Å². The van der Waals surface area contributed by atoms with Crippen molar-refractivity contribution >= 4 is 49.1 Å². The third-order valence-corrected chi connectivity index (χ3v) is 6.31. The van der Waals surface area contributed by atoms with Gasteiger partial charge in [0.1, 0.15) is 11.4 Å². The summed E-state index contributed by atoms with van der Waals surface area (Å²) in [5.74, 6) is -0.0988. The second-order valence-electron chi connectivity index (χ2n) is 7.16. The molecule has 0 N–H and O–H groups in total. The maximum Gasteiger partial charge on any atom is 0.262 e. The number of nitrogens with zero attached hydrogens (tertiary/aromatic N) is 3. The highest BCUT2D eigenvalue weighted by molar-refractivity contribution is 9.10. The number of aromatic nitrogens is 2. The molecule has 0 radical (unpaired) electrons. The molecule has 7 heteroatoms. The van der Waals surface area contributed by atoms with E-state index < -0.39 is 0 Å². The van der Waals surface area contributed by atoms with Crippen molar-refractivity contribution in [2.24, 2.45) is 0 Å². The minimum absolute atomic E-state index is 0.00992. The van der Waals surface area contributed by atoms with Crippen LogP contribution < -0.4 is 10.5 Å². The summed E-state index contributed by atoms with van der Waals surface area (Å²) in [6.45, 7) is 5.02.